The maximum atomic E-state index is 6.57. The van der Waals surface area contributed by atoms with Gasteiger partial charge in [0.15, 0.2) is 0 Å². The van der Waals surface area contributed by atoms with E-state index in [1.165, 1.54) is 27.9 Å². The highest BCUT2D eigenvalue weighted by molar-refractivity contribution is 6.31. The highest BCUT2D eigenvalue weighted by atomic mass is 35.5. The van der Waals surface area contributed by atoms with Crippen LogP contribution in [0.15, 0.2) is 84.9 Å². The molecule has 0 aromatic heterocycles. The van der Waals surface area contributed by atoms with E-state index in [1.54, 1.807) is 0 Å². The topological polar surface area (TPSA) is 12.0 Å². The van der Waals surface area contributed by atoms with Gasteiger partial charge in [-0.05, 0) is 35.1 Å². The molecule has 1 heterocycles. The first kappa shape index (κ1) is 15.7. The van der Waals surface area contributed by atoms with Crippen molar-refractivity contribution in [3.63, 3.8) is 0 Å². The molecule has 1 nitrogen and oxygen atoms in total. The van der Waals surface area contributed by atoms with Crippen LogP contribution in [0.4, 0.5) is 5.69 Å². The Morgan fingerprint density at radius 3 is 2.42 bits per heavy atom. The number of allylic oxidation sites excluding steroid dienone is 2. The lowest BCUT2D eigenvalue weighted by Gasteiger charge is -2.39. The van der Waals surface area contributed by atoms with Gasteiger partial charge in [0, 0.05) is 22.2 Å². The monoisotopic (exact) mass is 357 g/mol. The second-order valence-electron chi connectivity index (χ2n) is 7.13. The smallest absolute Gasteiger partial charge is 0.0568 e. The summed E-state index contributed by atoms with van der Waals surface area (Å²) in [5.41, 5.74) is 6.35. The van der Waals surface area contributed by atoms with Crippen LogP contribution in [-0.2, 0) is 0 Å². The molecular formula is C24H20ClN. The third-order valence-corrected chi connectivity index (χ3v) is 6.07. The molecule has 1 aliphatic heterocycles. The van der Waals surface area contributed by atoms with Gasteiger partial charge in [0.25, 0.3) is 0 Å². The van der Waals surface area contributed by atoms with Crippen LogP contribution in [0.2, 0.25) is 5.02 Å². The molecule has 0 spiro atoms. The van der Waals surface area contributed by atoms with Crippen LogP contribution < -0.4 is 5.32 Å². The first-order chi connectivity index (χ1) is 12.8. The van der Waals surface area contributed by atoms with Crippen LogP contribution in [0.25, 0.3) is 11.1 Å². The molecule has 128 valence electrons. The van der Waals surface area contributed by atoms with Crippen LogP contribution in [0.1, 0.15) is 29.5 Å². The Balaban J connectivity index is 1.68. The fourth-order valence-corrected chi connectivity index (χ4v) is 4.77. The zero-order valence-electron chi connectivity index (χ0n) is 14.4. The van der Waals surface area contributed by atoms with Crippen molar-refractivity contribution in [2.75, 3.05) is 5.32 Å². The zero-order valence-corrected chi connectivity index (χ0v) is 15.2. The van der Waals surface area contributed by atoms with Gasteiger partial charge in [0.05, 0.1) is 6.04 Å². The van der Waals surface area contributed by atoms with Gasteiger partial charge in [-0.15, -0.1) is 0 Å². The lowest BCUT2D eigenvalue weighted by Crippen LogP contribution is -2.29. The fourth-order valence-electron chi connectivity index (χ4n) is 4.51. The molecule has 0 radical (unpaired) electrons. The quantitative estimate of drug-likeness (QED) is 0.495. The molecule has 0 bridgehead atoms. The zero-order chi connectivity index (χ0) is 17.5. The number of rotatable bonds is 2. The van der Waals surface area contributed by atoms with Gasteiger partial charge in [-0.3, -0.25) is 0 Å². The average molecular weight is 358 g/mol. The Morgan fingerprint density at radius 2 is 1.58 bits per heavy atom. The number of para-hydroxylation sites is 1. The summed E-state index contributed by atoms with van der Waals surface area (Å²) in [6.45, 7) is 0. The number of fused-ring (bicyclic) bond motifs is 3. The third kappa shape index (κ3) is 2.47. The summed E-state index contributed by atoms with van der Waals surface area (Å²) in [6, 6.07) is 25.7. The van der Waals surface area contributed by atoms with Crippen molar-refractivity contribution in [3.8, 4) is 11.1 Å². The lowest BCUT2D eigenvalue weighted by molar-refractivity contribution is 0.426. The number of hydrogen-bond acceptors (Lipinski definition) is 1. The van der Waals surface area contributed by atoms with E-state index in [4.69, 9.17) is 11.6 Å². The molecule has 1 N–H and O–H groups in total. The molecule has 3 aromatic carbocycles. The Bertz CT molecular complexity index is 977. The Kier molecular flexibility index (Phi) is 3.83. The van der Waals surface area contributed by atoms with Gasteiger partial charge in [-0.25, -0.2) is 0 Å². The number of nitrogens with one attached hydrogen (secondary N) is 1. The molecular weight excluding hydrogens is 338 g/mol. The summed E-state index contributed by atoms with van der Waals surface area (Å²) in [5.74, 6) is 0.949. The van der Waals surface area contributed by atoms with E-state index >= 15 is 0 Å². The first-order valence-corrected chi connectivity index (χ1v) is 9.56. The van der Waals surface area contributed by atoms with Crippen LogP contribution in [0.5, 0.6) is 0 Å². The molecule has 3 aromatic rings. The van der Waals surface area contributed by atoms with Crippen molar-refractivity contribution >= 4 is 17.3 Å². The maximum absolute atomic E-state index is 6.57. The fraction of sp³-hybridized carbons (Fsp3) is 0.167. The molecule has 1 aliphatic carbocycles. The van der Waals surface area contributed by atoms with Crippen molar-refractivity contribution < 1.29 is 0 Å². The largest absolute Gasteiger partial charge is 0.377 e. The van der Waals surface area contributed by atoms with Gasteiger partial charge < -0.3 is 5.32 Å². The molecule has 2 heteroatoms. The summed E-state index contributed by atoms with van der Waals surface area (Å²) >= 11 is 6.57. The summed E-state index contributed by atoms with van der Waals surface area (Å²) in [7, 11) is 0. The highest BCUT2D eigenvalue weighted by Crippen LogP contribution is 2.52. The van der Waals surface area contributed by atoms with E-state index in [2.05, 4.69) is 78.1 Å². The minimum atomic E-state index is 0.223. The summed E-state index contributed by atoms with van der Waals surface area (Å²) < 4.78 is 0. The summed E-state index contributed by atoms with van der Waals surface area (Å²) in [5, 5.41) is 4.71. The van der Waals surface area contributed by atoms with Gasteiger partial charge >= 0.3 is 0 Å². The molecule has 2 aliphatic rings. The summed E-state index contributed by atoms with van der Waals surface area (Å²) in [4.78, 5) is 0. The van der Waals surface area contributed by atoms with Crippen LogP contribution >= 0.6 is 11.6 Å². The average Bonchev–Trinajstić information content (AvgIpc) is 3.18. The van der Waals surface area contributed by atoms with E-state index in [-0.39, 0.29) is 6.04 Å². The normalized spacial score (nSPS) is 23.2. The van der Waals surface area contributed by atoms with E-state index in [0.29, 0.717) is 11.8 Å². The molecule has 0 amide bonds. The van der Waals surface area contributed by atoms with Crippen molar-refractivity contribution in [2.45, 2.75) is 18.4 Å². The Labute approximate surface area is 159 Å². The minimum Gasteiger partial charge on any atom is -0.377 e. The Hall–Kier alpha value is -2.51. The molecule has 26 heavy (non-hydrogen) atoms. The molecule has 0 unspecified atom stereocenters. The predicted octanol–water partition coefficient (Wildman–Crippen LogP) is 6.83. The minimum absolute atomic E-state index is 0.223. The first-order valence-electron chi connectivity index (χ1n) is 9.19. The van der Waals surface area contributed by atoms with E-state index in [9.17, 15) is 0 Å². The van der Waals surface area contributed by atoms with Crippen molar-refractivity contribution in [2.24, 2.45) is 5.92 Å². The maximum Gasteiger partial charge on any atom is 0.0568 e. The number of benzene rings is 3. The molecule has 0 saturated carbocycles. The number of anilines is 1. The standard InChI is InChI=1S/C24H20ClN/c25-22-15-5-4-10-21(22)24-20-14-7-12-18(20)19-13-6-11-17(23(19)26-24)16-8-2-1-3-9-16/h1-13,15,18,20,24,26H,14H2/t18-,20+,24+/m0/s1. The van der Waals surface area contributed by atoms with Gasteiger partial charge in [-0.1, -0.05) is 90.5 Å². The summed E-state index contributed by atoms with van der Waals surface area (Å²) in [6.07, 6.45) is 5.79. The second-order valence-corrected chi connectivity index (χ2v) is 7.54. The van der Waals surface area contributed by atoms with Crippen molar-refractivity contribution in [1.29, 1.82) is 0 Å². The lowest BCUT2D eigenvalue weighted by atomic mass is 9.76. The number of hydrogen-bond donors (Lipinski definition) is 1. The second kappa shape index (κ2) is 6.34. The van der Waals surface area contributed by atoms with E-state index < -0.39 is 0 Å². The molecule has 5 rings (SSSR count). The van der Waals surface area contributed by atoms with Crippen molar-refractivity contribution in [1.82, 2.24) is 0 Å². The third-order valence-electron chi connectivity index (χ3n) is 5.72. The van der Waals surface area contributed by atoms with E-state index in [1.807, 2.05) is 12.1 Å². The van der Waals surface area contributed by atoms with Gasteiger partial charge in [0.2, 0.25) is 0 Å². The highest BCUT2D eigenvalue weighted by Gasteiger charge is 2.39. The SMILES string of the molecule is Clc1ccccc1[C@@H]1Nc2c(-c3ccccc3)cccc2[C@@H]2C=CC[C@H]21. The van der Waals surface area contributed by atoms with Gasteiger partial charge in [0.1, 0.15) is 0 Å². The van der Waals surface area contributed by atoms with Crippen LogP contribution in [0.3, 0.4) is 0 Å². The van der Waals surface area contributed by atoms with Gasteiger partial charge in [-0.2, -0.15) is 0 Å². The van der Waals surface area contributed by atoms with Crippen LogP contribution in [-0.4, -0.2) is 0 Å². The predicted molar refractivity (Wildman–Crippen MR) is 110 cm³/mol. The molecule has 0 saturated heterocycles. The number of halogens is 1. The molecule has 3 atom stereocenters. The van der Waals surface area contributed by atoms with Crippen LogP contribution in [0, 0.1) is 5.92 Å². The Morgan fingerprint density at radius 1 is 0.808 bits per heavy atom. The van der Waals surface area contributed by atoms with E-state index in [0.717, 1.165) is 11.4 Å². The molecule has 0 fully saturated rings. The van der Waals surface area contributed by atoms with Crippen molar-refractivity contribution in [3.05, 3.63) is 101 Å².